The van der Waals surface area contributed by atoms with Gasteiger partial charge in [0.15, 0.2) is 5.82 Å². The summed E-state index contributed by atoms with van der Waals surface area (Å²) in [7, 11) is 1.84. The third kappa shape index (κ3) is 3.17. The molecule has 0 aliphatic heterocycles. The smallest absolute Gasteiger partial charge is 0.215 e. The minimum Gasteiger partial charge on any atom is -0.478 e. The molecule has 2 rings (SSSR count). The van der Waals surface area contributed by atoms with Crippen LogP contribution in [0.2, 0.25) is 0 Å². The number of hydrogen-bond donors (Lipinski definition) is 1. The summed E-state index contributed by atoms with van der Waals surface area (Å²) in [5.74, 6) is 2.10. The van der Waals surface area contributed by atoms with Gasteiger partial charge in [-0.1, -0.05) is 6.07 Å². The second kappa shape index (κ2) is 5.29. The van der Waals surface area contributed by atoms with Gasteiger partial charge in [-0.25, -0.2) is 4.98 Å². The predicted octanol–water partition coefficient (Wildman–Crippen LogP) is 1.22. The zero-order valence-corrected chi connectivity index (χ0v) is 9.92. The summed E-state index contributed by atoms with van der Waals surface area (Å²) in [6, 6.07) is 5.60. The minimum atomic E-state index is 0.545. The van der Waals surface area contributed by atoms with Crippen LogP contribution in [0.15, 0.2) is 24.5 Å². The molecule has 0 aliphatic rings. The first-order valence-corrected chi connectivity index (χ1v) is 5.46. The first-order valence-electron chi connectivity index (χ1n) is 5.46. The largest absolute Gasteiger partial charge is 0.478 e. The fourth-order valence-corrected chi connectivity index (χ4v) is 1.38. The van der Waals surface area contributed by atoms with Gasteiger partial charge in [-0.3, -0.25) is 4.68 Å². The average molecular weight is 233 g/mol. The lowest BCUT2D eigenvalue weighted by molar-refractivity contribution is 0.327. The molecule has 6 heteroatoms. The number of pyridine rings is 1. The number of aryl methyl sites for hydroxylation is 1. The summed E-state index contributed by atoms with van der Waals surface area (Å²) < 4.78 is 6.98. The highest BCUT2D eigenvalue weighted by molar-refractivity contribution is 5.37. The molecule has 17 heavy (non-hydrogen) atoms. The van der Waals surface area contributed by atoms with E-state index in [0.717, 1.165) is 11.6 Å². The van der Waals surface area contributed by atoms with Gasteiger partial charge in [-0.15, -0.1) is 0 Å². The lowest BCUT2D eigenvalue weighted by Crippen LogP contribution is -2.04. The third-order valence-electron chi connectivity index (χ3n) is 2.09. The van der Waals surface area contributed by atoms with Gasteiger partial charge in [0, 0.05) is 13.1 Å². The highest BCUT2D eigenvalue weighted by atomic mass is 16.5. The number of rotatable bonds is 5. The van der Waals surface area contributed by atoms with Gasteiger partial charge in [0.05, 0.1) is 13.2 Å². The van der Waals surface area contributed by atoms with E-state index < -0.39 is 0 Å². The molecular formula is C11H15N5O. The van der Waals surface area contributed by atoms with E-state index in [1.165, 1.54) is 0 Å². The number of nitrogens with zero attached hydrogens (tertiary/aromatic N) is 4. The van der Waals surface area contributed by atoms with E-state index in [0.29, 0.717) is 19.0 Å². The Morgan fingerprint density at radius 1 is 1.41 bits per heavy atom. The zero-order valence-electron chi connectivity index (χ0n) is 9.92. The number of hydrogen-bond acceptors (Lipinski definition) is 5. The van der Waals surface area contributed by atoms with Crippen molar-refractivity contribution in [1.82, 2.24) is 19.7 Å². The fourth-order valence-electron chi connectivity index (χ4n) is 1.38. The molecule has 2 heterocycles. The predicted molar refractivity (Wildman–Crippen MR) is 63.7 cm³/mol. The number of anilines is 1. The molecule has 6 nitrogen and oxygen atoms in total. The van der Waals surface area contributed by atoms with E-state index in [1.807, 2.05) is 32.2 Å². The lowest BCUT2D eigenvalue weighted by atomic mass is 10.4. The topological polar surface area (TPSA) is 64.9 Å². The van der Waals surface area contributed by atoms with Crippen LogP contribution in [0.25, 0.3) is 0 Å². The van der Waals surface area contributed by atoms with Crippen molar-refractivity contribution in [2.45, 2.75) is 13.5 Å². The van der Waals surface area contributed by atoms with Crippen LogP contribution >= 0.6 is 0 Å². The van der Waals surface area contributed by atoms with Gasteiger partial charge >= 0.3 is 0 Å². The Morgan fingerprint density at radius 2 is 2.29 bits per heavy atom. The standard InChI is InChI=1S/C11H15N5O/c1-3-17-11-6-4-5-9(14-11)12-7-10-13-8-16(2)15-10/h4-6,8H,3,7H2,1-2H3,(H,12,14). The molecule has 0 unspecified atom stereocenters. The van der Waals surface area contributed by atoms with E-state index in [9.17, 15) is 0 Å². The minimum absolute atomic E-state index is 0.545. The van der Waals surface area contributed by atoms with E-state index in [2.05, 4.69) is 20.4 Å². The van der Waals surface area contributed by atoms with Crippen molar-refractivity contribution < 1.29 is 4.74 Å². The molecule has 0 saturated carbocycles. The average Bonchev–Trinajstić information content (AvgIpc) is 2.74. The van der Waals surface area contributed by atoms with Crippen LogP contribution in [0.1, 0.15) is 12.7 Å². The second-order valence-electron chi connectivity index (χ2n) is 3.48. The van der Waals surface area contributed by atoms with Crippen LogP contribution in [-0.2, 0) is 13.6 Å². The van der Waals surface area contributed by atoms with Crippen LogP contribution in [0.5, 0.6) is 5.88 Å². The molecule has 0 fully saturated rings. The van der Waals surface area contributed by atoms with Crippen molar-refractivity contribution >= 4 is 5.82 Å². The van der Waals surface area contributed by atoms with Gasteiger partial charge in [-0.2, -0.15) is 10.1 Å². The molecule has 0 atom stereocenters. The maximum Gasteiger partial charge on any atom is 0.215 e. The summed E-state index contributed by atoms with van der Waals surface area (Å²) >= 11 is 0. The quantitative estimate of drug-likeness (QED) is 0.841. The fraction of sp³-hybridized carbons (Fsp3) is 0.364. The third-order valence-corrected chi connectivity index (χ3v) is 2.09. The molecule has 2 aromatic heterocycles. The van der Waals surface area contributed by atoms with Crippen LogP contribution in [0.3, 0.4) is 0 Å². The number of aromatic nitrogens is 4. The highest BCUT2D eigenvalue weighted by Gasteiger charge is 2.00. The van der Waals surface area contributed by atoms with Crippen molar-refractivity contribution in [3.05, 3.63) is 30.4 Å². The maximum absolute atomic E-state index is 5.32. The molecule has 0 aliphatic carbocycles. The molecule has 0 bridgehead atoms. The van der Waals surface area contributed by atoms with Crippen LogP contribution in [0.4, 0.5) is 5.82 Å². The summed E-state index contributed by atoms with van der Waals surface area (Å²) in [4.78, 5) is 8.41. The van der Waals surface area contributed by atoms with Crippen molar-refractivity contribution in [3.63, 3.8) is 0 Å². The zero-order chi connectivity index (χ0) is 12.1. The summed E-state index contributed by atoms with van der Waals surface area (Å²) in [5, 5.41) is 7.31. The second-order valence-corrected chi connectivity index (χ2v) is 3.48. The Hall–Kier alpha value is -2.11. The highest BCUT2D eigenvalue weighted by Crippen LogP contribution is 2.11. The lowest BCUT2D eigenvalue weighted by Gasteiger charge is -2.05. The van der Waals surface area contributed by atoms with Crippen molar-refractivity contribution in [3.8, 4) is 5.88 Å². The van der Waals surface area contributed by atoms with Crippen LogP contribution < -0.4 is 10.1 Å². The number of ether oxygens (including phenoxy) is 1. The van der Waals surface area contributed by atoms with Gasteiger partial charge in [0.2, 0.25) is 5.88 Å². The summed E-state index contributed by atoms with van der Waals surface area (Å²) in [6.07, 6.45) is 1.67. The molecule has 0 aromatic carbocycles. The normalized spacial score (nSPS) is 10.2. The summed E-state index contributed by atoms with van der Waals surface area (Å²) in [5.41, 5.74) is 0. The van der Waals surface area contributed by atoms with E-state index in [4.69, 9.17) is 4.74 Å². The number of nitrogens with one attached hydrogen (secondary N) is 1. The first-order chi connectivity index (χ1) is 8.28. The van der Waals surface area contributed by atoms with Gasteiger partial charge in [-0.05, 0) is 13.0 Å². The molecular weight excluding hydrogens is 218 g/mol. The van der Waals surface area contributed by atoms with E-state index in [-0.39, 0.29) is 0 Å². The Bertz CT molecular complexity index is 482. The van der Waals surface area contributed by atoms with Gasteiger partial charge in [0.25, 0.3) is 0 Å². The maximum atomic E-state index is 5.32. The van der Waals surface area contributed by atoms with Gasteiger partial charge < -0.3 is 10.1 Å². The van der Waals surface area contributed by atoms with Crippen LogP contribution in [0, 0.1) is 0 Å². The van der Waals surface area contributed by atoms with Crippen molar-refractivity contribution in [2.75, 3.05) is 11.9 Å². The molecule has 2 aromatic rings. The Balaban J connectivity index is 1.96. The first kappa shape index (κ1) is 11.4. The summed E-state index contributed by atoms with van der Waals surface area (Å²) in [6.45, 7) is 3.08. The molecule has 0 saturated heterocycles. The molecule has 1 N–H and O–H groups in total. The van der Waals surface area contributed by atoms with Crippen LogP contribution in [-0.4, -0.2) is 26.4 Å². The van der Waals surface area contributed by atoms with Crippen molar-refractivity contribution in [1.29, 1.82) is 0 Å². The monoisotopic (exact) mass is 233 g/mol. The van der Waals surface area contributed by atoms with E-state index in [1.54, 1.807) is 11.0 Å². The van der Waals surface area contributed by atoms with Crippen molar-refractivity contribution in [2.24, 2.45) is 7.05 Å². The Labute approximate surface area is 99.7 Å². The Kier molecular flexibility index (Phi) is 3.54. The van der Waals surface area contributed by atoms with Gasteiger partial charge in [0.1, 0.15) is 12.1 Å². The van der Waals surface area contributed by atoms with E-state index >= 15 is 0 Å². The molecule has 0 spiro atoms. The Morgan fingerprint density at radius 3 is 3.00 bits per heavy atom. The SMILES string of the molecule is CCOc1cccc(NCc2ncn(C)n2)n1. The molecule has 0 amide bonds. The molecule has 90 valence electrons. The molecule has 0 radical (unpaired) electrons.